The molecule has 0 bridgehead atoms. The summed E-state index contributed by atoms with van der Waals surface area (Å²) in [6, 6.07) is 17.8. The van der Waals surface area contributed by atoms with Crippen LogP contribution in [0.2, 0.25) is 0 Å². The van der Waals surface area contributed by atoms with Gasteiger partial charge in [0.25, 0.3) is 0 Å². The maximum atomic E-state index is 5.51. The monoisotopic (exact) mass is 374 g/mol. The summed E-state index contributed by atoms with van der Waals surface area (Å²) in [6.07, 6.45) is 1.79. The number of aromatic nitrogens is 4. The highest BCUT2D eigenvalue weighted by Crippen LogP contribution is 2.28. The van der Waals surface area contributed by atoms with Crippen molar-refractivity contribution in [2.24, 2.45) is 0 Å². The van der Waals surface area contributed by atoms with E-state index in [1.807, 2.05) is 85.2 Å². The molecule has 7 nitrogen and oxygen atoms in total. The van der Waals surface area contributed by atoms with Crippen molar-refractivity contribution in [3.05, 3.63) is 60.8 Å². The first kappa shape index (κ1) is 17.8. The van der Waals surface area contributed by atoms with Gasteiger partial charge in [0.05, 0.1) is 23.9 Å². The van der Waals surface area contributed by atoms with Crippen molar-refractivity contribution in [2.75, 3.05) is 30.9 Å². The van der Waals surface area contributed by atoms with E-state index in [-0.39, 0.29) is 0 Å². The molecule has 7 heteroatoms. The van der Waals surface area contributed by atoms with E-state index in [9.17, 15) is 0 Å². The van der Waals surface area contributed by atoms with Gasteiger partial charge in [-0.1, -0.05) is 18.2 Å². The zero-order valence-corrected chi connectivity index (χ0v) is 16.1. The van der Waals surface area contributed by atoms with Gasteiger partial charge in [0.2, 0.25) is 5.95 Å². The van der Waals surface area contributed by atoms with Crippen LogP contribution in [-0.2, 0) is 0 Å². The number of benzene rings is 2. The molecule has 0 atom stereocenters. The van der Waals surface area contributed by atoms with Gasteiger partial charge in [-0.3, -0.25) is 0 Å². The molecule has 142 valence electrons. The molecule has 28 heavy (non-hydrogen) atoms. The number of nitrogens with zero attached hydrogens (tertiary/aromatic N) is 5. The second-order valence-corrected chi connectivity index (χ2v) is 6.48. The zero-order chi connectivity index (χ0) is 19.5. The van der Waals surface area contributed by atoms with Crippen LogP contribution in [0.5, 0.6) is 5.75 Å². The lowest BCUT2D eigenvalue weighted by Crippen LogP contribution is -2.14. The summed E-state index contributed by atoms with van der Waals surface area (Å²) >= 11 is 0. The molecule has 0 spiro atoms. The van der Waals surface area contributed by atoms with Gasteiger partial charge in [-0.05, 0) is 43.3 Å². The SMILES string of the molecule is CCOc1ccc(Nc2nc(N(C)C)nc3c2cnn3-c2ccccc2)cc1. The number of para-hydroxylation sites is 1. The molecule has 0 fully saturated rings. The van der Waals surface area contributed by atoms with E-state index < -0.39 is 0 Å². The predicted molar refractivity (Wildman–Crippen MR) is 112 cm³/mol. The van der Waals surface area contributed by atoms with Crippen LogP contribution in [0.25, 0.3) is 16.7 Å². The summed E-state index contributed by atoms with van der Waals surface area (Å²) in [7, 11) is 3.84. The Bertz CT molecular complexity index is 1070. The van der Waals surface area contributed by atoms with Crippen molar-refractivity contribution in [2.45, 2.75) is 6.92 Å². The average molecular weight is 374 g/mol. The van der Waals surface area contributed by atoms with E-state index in [2.05, 4.69) is 15.4 Å². The fourth-order valence-electron chi connectivity index (χ4n) is 2.89. The van der Waals surface area contributed by atoms with Gasteiger partial charge in [-0.15, -0.1) is 0 Å². The summed E-state index contributed by atoms with van der Waals surface area (Å²) in [5.41, 5.74) is 2.62. The summed E-state index contributed by atoms with van der Waals surface area (Å²) < 4.78 is 7.34. The minimum atomic E-state index is 0.610. The largest absolute Gasteiger partial charge is 0.494 e. The summed E-state index contributed by atoms with van der Waals surface area (Å²) in [4.78, 5) is 11.3. The van der Waals surface area contributed by atoms with E-state index in [0.29, 0.717) is 18.4 Å². The second-order valence-electron chi connectivity index (χ2n) is 6.48. The molecule has 0 saturated carbocycles. The number of fused-ring (bicyclic) bond motifs is 1. The lowest BCUT2D eigenvalue weighted by Gasteiger charge is -2.14. The molecule has 4 rings (SSSR count). The molecule has 1 N–H and O–H groups in total. The molecule has 0 unspecified atom stereocenters. The Hall–Kier alpha value is -3.61. The van der Waals surface area contributed by atoms with Gasteiger partial charge in [0.1, 0.15) is 11.6 Å². The highest BCUT2D eigenvalue weighted by atomic mass is 16.5. The van der Waals surface area contributed by atoms with Crippen LogP contribution in [0.1, 0.15) is 6.92 Å². The number of nitrogens with one attached hydrogen (secondary N) is 1. The highest BCUT2D eigenvalue weighted by molar-refractivity contribution is 5.90. The smallest absolute Gasteiger partial charge is 0.228 e. The predicted octanol–water partition coefficient (Wildman–Crippen LogP) is 4.02. The standard InChI is InChI=1S/C21H22N6O/c1-4-28-17-12-10-15(11-13-17)23-19-18-14-22-27(16-8-6-5-7-9-16)20(18)25-21(24-19)26(2)3/h5-14H,4H2,1-3H3,(H,23,24,25). The Morgan fingerprint density at radius 1 is 1.00 bits per heavy atom. The van der Waals surface area contributed by atoms with Crippen LogP contribution in [-0.4, -0.2) is 40.5 Å². The second kappa shape index (κ2) is 7.56. The van der Waals surface area contributed by atoms with E-state index in [4.69, 9.17) is 9.72 Å². The third-order valence-corrected chi connectivity index (χ3v) is 4.25. The minimum absolute atomic E-state index is 0.610. The fourth-order valence-corrected chi connectivity index (χ4v) is 2.89. The summed E-state index contributed by atoms with van der Waals surface area (Å²) in [6.45, 7) is 2.61. The summed E-state index contributed by atoms with van der Waals surface area (Å²) in [5.74, 6) is 2.16. The van der Waals surface area contributed by atoms with E-state index in [0.717, 1.165) is 28.2 Å². The van der Waals surface area contributed by atoms with Crippen LogP contribution in [0, 0.1) is 0 Å². The van der Waals surface area contributed by atoms with Crippen molar-refractivity contribution in [1.29, 1.82) is 0 Å². The number of ether oxygens (including phenoxy) is 1. The van der Waals surface area contributed by atoms with Crippen LogP contribution >= 0.6 is 0 Å². The lowest BCUT2D eigenvalue weighted by atomic mass is 10.3. The Morgan fingerprint density at radius 2 is 1.75 bits per heavy atom. The van der Waals surface area contributed by atoms with Crippen molar-refractivity contribution in [1.82, 2.24) is 19.7 Å². The molecule has 0 saturated heterocycles. The lowest BCUT2D eigenvalue weighted by molar-refractivity contribution is 0.340. The fraction of sp³-hybridized carbons (Fsp3) is 0.190. The van der Waals surface area contributed by atoms with Gasteiger partial charge in [-0.25, -0.2) is 4.68 Å². The third kappa shape index (κ3) is 3.46. The first-order valence-electron chi connectivity index (χ1n) is 9.14. The van der Waals surface area contributed by atoms with Crippen LogP contribution in [0.3, 0.4) is 0 Å². The quantitative estimate of drug-likeness (QED) is 0.550. The van der Waals surface area contributed by atoms with Gasteiger partial charge in [-0.2, -0.15) is 15.1 Å². The molecule has 0 aliphatic rings. The summed E-state index contributed by atoms with van der Waals surface area (Å²) in [5, 5.41) is 8.78. The van der Waals surface area contributed by atoms with Crippen molar-refractivity contribution < 1.29 is 4.74 Å². The maximum absolute atomic E-state index is 5.51. The van der Waals surface area contributed by atoms with Crippen molar-refractivity contribution >= 4 is 28.5 Å². The molecule has 2 aromatic heterocycles. The number of hydrogen-bond donors (Lipinski definition) is 1. The topological polar surface area (TPSA) is 68.1 Å². The van der Waals surface area contributed by atoms with Crippen molar-refractivity contribution in [3.8, 4) is 11.4 Å². The van der Waals surface area contributed by atoms with Gasteiger partial charge < -0.3 is 15.0 Å². The highest BCUT2D eigenvalue weighted by Gasteiger charge is 2.15. The molecule has 0 radical (unpaired) electrons. The van der Waals surface area contributed by atoms with E-state index in [1.54, 1.807) is 6.20 Å². The van der Waals surface area contributed by atoms with Crippen LogP contribution in [0.4, 0.5) is 17.5 Å². The van der Waals surface area contributed by atoms with Crippen molar-refractivity contribution in [3.63, 3.8) is 0 Å². The molecule has 0 aliphatic heterocycles. The number of anilines is 3. The molecule has 0 amide bonds. The molecule has 0 aliphatic carbocycles. The number of rotatable bonds is 6. The molecule has 4 aromatic rings. The van der Waals surface area contributed by atoms with Crippen LogP contribution < -0.4 is 15.0 Å². The Labute approximate surface area is 163 Å². The Kier molecular flexibility index (Phi) is 4.80. The first-order chi connectivity index (χ1) is 13.7. The van der Waals surface area contributed by atoms with Gasteiger partial charge in [0.15, 0.2) is 5.65 Å². The Morgan fingerprint density at radius 3 is 2.43 bits per heavy atom. The van der Waals surface area contributed by atoms with Gasteiger partial charge in [0, 0.05) is 19.8 Å². The van der Waals surface area contributed by atoms with Gasteiger partial charge >= 0.3 is 0 Å². The normalized spacial score (nSPS) is 10.8. The van der Waals surface area contributed by atoms with E-state index in [1.165, 1.54) is 0 Å². The van der Waals surface area contributed by atoms with Crippen LogP contribution in [0.15, 0.2) is 60.8 Å². The number of hydrogen-bond acceptors (Lipinski definition) is 6. The maximum Gasteiger partial charge on any atom is 0.228 e. The molecule has 2 heterocycles. The van der Waals surface area contributed by atoms with E-state index >= 15 is 0 Å². The Balaban J connectivity index is 1.78. The molecular formula is C21H22N6O. The average Bonchev–Trinajstić information content (AvgIpc) is 3.14. The molecular weight excluding hydrogens is 352 g/mol. The first-order valence-corrected chi connectivity index (χ1v) is 9.14. The zero-order valence-electron chi connectivity index (χ0n) is 16.1. The minimum Gasteiger partial charge on any atom is -0.494 e. The molecule has 2 aromatic carbocycles. The third-order valence-electron chi connectivity index (χ3n) is 4.25.